The molecule has 0 radical (unpaired) electrons. The van der Waals surface area contributed by atoms with E-state index in [2.05, 4.69) is 10.6 Å². The van der Waals surface area contributed by atoms with E-state index in [9.17, 15) is 14.4 Å². The Morgan fingerprint density at radius 3 is 2.31 bits per heavy atom. The smallest absolute Gasteiger partial charge is 0.326 e. The molecule has 2 aromatic carbocycles. The van der Waals surface area contributed by atoms with E-state index in [1.807, 2.05) is 0 Å². The van der Waals surface area contributed by atoms with Gasteiger partial charge in [-0.05, 0) is 36.8 Å². The first kappa shape index (κ1) is 19.5. The minimum absolute atomic E-state index is 0.294. The van der Waals surface area contributed by atoms with Gasteiger partial charge in [0.15, 0.2) is 6.10 Å². The highest BCUT2D eigenvalue weighted by molar-refractivity contribution is 6.30. The first-order chi connectivity index (χ1) is 12.5. The van der Waals surface area contributed by atoms with Crippen molar-refractivity contribution in [2.45, 2.75) is 19.6 Å². The number of carbonyl (C=O) groups is 3. The van der Waals surface area contributed by atoms with E-state index in [0.717, 1.165) is 5.56 Å². The summed E-state index contributed by atoms with van der Waals surface area (Å²) < 4.78 is 5.02. The third kappa shape index (κ3) is 6.22. The minimum Gasteiger partial charge on any atom is -0.451 e. The maximum atomic E-state index is 12.0. The van der Waals surface area contributed by atoms with Crippen LogP contribution >= 0.6 is 11.6 Å². The Morgan fingerprint density at radius 2 is 1.65 bits per heavy atom. The Balaban J connectivity index is 1.72. The van der Waals surface area contributed by atoms with Crippen molar-refractivity contribution in [3.05, 3.63) is 70.7 Å². The highest BCUT2D eigenvalue weighted by Crippen LogP contribution is 2.09. The van der Waals surface area contributed by atoms with Crippen molar-refractivity contribution in [2.75, 3.05) is 6.54 Å². The van der Waals surface area contributed by atoms with E-state index in [-0.39, 0.29) is 12.5 Å². The lowest BCUT2D eigenvalue weighted by molar-refractivity contribution is -0.153. The zero-order valence-corrected chi connectivity index (χ0v) is 15.0. The van der Waals surface area contributed by atoms with Crippen LogP contribution in [0.15, 0.2) is 54.6 Å². The van der Waals surface area contributed by atoms with Crippen molar-refractivity contribution < 1.29 is 19.1 Å². The number of ether oxygens (including phenoxy) is 1. The third-order valence-electron chi connectivity index (χ3n) is 3.49. The molecule has 0 aliphatic heterocycles. The van der Waals surface area contributed by atoms with Crippen LogP contribution in [0.1, 0.15) is 22.8 Å². The Labute approximate surface area is 156 Å². The number of hydrogen-bond acceptors (Lipinski definition) is 4. The number of esters is 1. The molecule has 136 valence electrons. The monoisotopic (exact) mass is 374 g/mol. The highest BCUT2D eigenvalue weighted by atomic mass is 35.5. The molecule has 0 saturated carbocycles. The van der Waals surface area contributed by atoms with Crippen molar-refractivity contribution in [1.29, 1.82) is 0 Å². The molecule has 0 bridgehead atoms. The van der Waals surface area contributed by atoms with Crippen LogP contribution in [-0.2, 0) is 20.9 Å². The molecule has 26 heavy (non-hydrogen) atoms. The summed E-state index contributed by atoms with van der Waals surface area (Å²) in [6.07, 6.45) is -0.969. The summed E-state index contributed by atoms with van der Waals surface area (Å²) in [6.45, 7) is 1.44. The maximum Gasteiger partial charge on any atom is 0.326 e. The molecule has 2 amide bonds. The van der Waals surface area contributed by atoms with Gasteiger partial charge >= 0.3 is 5.97 Å². The second kappa shape index (κ2) is 9.58. The van der Waals surface area contributed by atoms with E-state index in [1.54, 1.807) is 54.6 Å². The standard InChI is InChI=1S/C19H19ClN2O4/c1-13(18(24)21-11-14-7-9-16(20)10-8-14)26-17(23)12-22-19(25)15-5-3-2-4-6-15/h2-10,13H,11-12H2,1H3,(H,21,24)(H,22,25). The van der Waals surface area contributed by atoms with Crippen LogP contribution in [0.4, 0.5) is 0 Å². The predicted octanol–water partition coefficient (Wildman–Crippen LogP) is 2.32. The van der Waals surface area contributed by atoms with Crippen molar-refractivity contribution in [2.24, 2.45) is 0 Å². The fourth-order valence-corrected chi connectivity index (χ4v) is 2.20. The van der Waals surface area contributed by atoms with E-state index < -0.39 is 18.0 Å². The van der Waals surface area contributed by atoms with Gasteiger partial charge in [0.25, 0.3) is 11.8 Å². The quantitative estimate of drug-likeness (QED) is 0.728. The molecular weight excluding hydrogens is 356 g/mol. The summed E-state index contributed by atoms with van der Waals surface area (Å²) in [7, 11) is 0. The fraction of sp³-hybridized carbons (Fsp3) is 0.211. The van der Waals surface area contributed by atoms with Crippen LogP contribution in [0.2, 0.25) is 5.02 Å². The zero-order valence-electron chi connectivity index (χ0n) is 14.2. The summed E-state index contributed by atoms with van der Waals surface area (Å²) in [5, 5.41) is 5.73. The molecule has 2 rings (SSSR count). The molecule has 1 atom stereocenters. The van der Waals surface area contributed by atoms with Crippen LogP contribution in [0.25, 0.3) is 0 Å². The fourth-order valence-electron chi connectivity index (χ4n) is 2.07. The SMILES string of the molecule is CC(OC(=O)CNC(=O)c1ccccc1)C(=O)NCc1ccc(Cl)cc1. The summed E-state index contributed by atoms with van der Waals surface area (Å²) in [6, 6.07) is 15.5. The van der Waals surface area contributed by atoms with Gasteiger partial charge in [-0.3, -0.25) is 14.4 Å². The second-order valence-electron chi connectivity index (χ2n) is 5.53. The first-order valence-corrected chi connectivity index (χ1v) is 8.38. The zero-order chi connectivity index (χ0) is 18.9. The molecule has 0 aromatic heterocycles. The van der Waals surface area contributed by atoms with Crippen molar-refractivity contribution in [3.8, 4) is 0 Å². The lowest BCUT2D eigenvalue weighted by atomic mass is 10.2. The summed E-state index contributed by atoms with van der Waals surface area (Å²) in [4.78, 5) is 35.6. The molecule has 0 aliphatic carbocycles. The van der Waals surface area contributed by atoms with Crippen LogP contribution in [-0.4, -0.2) is 30.4 Å². The van der Waals surface area contributed by atoms with E-state index in [0.29, 0.717) is 17.1 Å². The number of hydrogen-bond donors (Lipinski definition) is 2. The van der Waals surface area contributed by atoms with Crippen LogP contribution in [0.5, 0.6) is 0 Å². The maximum absolute atomic E-state index is 12.0. The van der Waals surface area contributed by atoms with Crippen molar-refractivity contribution in [1.82, 2.24) is 10.6 Å². The summed E-state index contributed by atoms with van der Waals surface area (Å²) >= 11 is 5.80. The molecule has 2 N–H and O–H groups in total. The normalized spacial score (nSPS) is 11.3. The molecule has 0 heterocycles. The summed E-state index contributed by atoms with van der Waals surface area (Å²) in [5.41, 5.74) is 1.31. The van der Waals surface area contributed by atoms with Gasteiger partial charge in [-0.25, -0.2) is 0 Å². The van der Waals surface area contributed by atoms with E-state index in [4.69, 9.17) is 16.3 Å². The van der Waals surface area contributed by atoms with Gasteiger partial charge in [0.1, 0.15) is 6.54 Å². The highest BCUT2D eigenvalue weighted by Gasteiger charge is 2.18. The summed E-state index contributed by atoms with van der Waals surface area (Å²) in [5.74, 6) is -1.51. The number of nitrogens with one attached hydrogen (secondary N) is 2. The van der Waals surface area contributed by atoms with Gasteiger partial charge < -0.3 is 15.4 Å². The Bertz CT molecular complexity index is 763. The van der Waals surface area contributed by atoms with E-state index in [1.165, 1.54) is 6.92 Å². The van der Waals surface area contributed by atoms with Gasteiger partial charge in [0, 0.05) is 17.1 Å². The molecule has 7 heteroatoms. The average Bonchev–Trinajstić information content (AvgIpc) is 2.66. The predicted molar refractivity (Wildman–Crippen MR) is 97.6 cm³/mol. The Hall–Kier alpha value is -2.86. The molecule has 0 saturated heterocycles. The number of halogens is 1. The van der Waals surface area contributed by atoms with Gasteiger partial charge in [-0.2, -0.15) is 0 Å². The topological polar surface area (TPSA) is 84.5 Å². The van der Waals surface area contributed by atoms with Gasteiger partial charge in [0.2, 0.25) is 0 Å². The lowest BCUT2D eigenvalue weighted by Gasteiger charge is -2.14. The van der Waals surface area contributed by atoms with Crippen LogP contribution in [0.3, 0.4) is 0 Å². The minimum atomic E-state index is -0.969. The van der Waals surface area contributed by atoms with Crippen molar-refractivity contribution in [3.63, 3.8) is 0 Å². The first-order valence-electron chi connectivity index (χ1n) is 8.00. The van der Waals surface area contributed by atoms with E-state index >= 15 is 0 Å². The van der Waals surface area contributed by atoms with Crippen LogP contribution in [0, 0.1) is 0 Å². The number of rotatable bonds is 7. The molecule has 0 spiro atoms. The lowest BCUT2D eigenvalue weighted by Crippen LogP contribution is -2.38. The molecule has 1 unspecified atom stereocenters. The number of carbonyl (C=O) groups excluding carboxylic acids is 3. The molecule has 6 nitrogen and oxygen atoms in total. The molecule has 0 fully saturated rings. The third-order valence-corrected chi connectivity index (χ3v) is 3.74. The van der Waals surface area contributed by atoms with Gasteiger partial charge in [-0.15, -0.1) is 0 Å². The number of benzene rings is 2. The largest absolute Gasteiger partial charge is 0.451 e. The molecule has 0 aliphatic rings. The van der Waals surface area contributed by atoms with Crippen molar-refractivity contribution >= 4 is 29.4 Å². The number of amides is 2. The van der Waals surface area contributed by atoms with Gasteiger partial charge in [0.05, 0.1) is 0 Å². The Kier molecular flexibility index (Phi) is 7.17. The molecule has 2 aromatic rings. The molecular formula is C19H19ClN2O4. The van der Waals surface area contributed by atoms with Gasteiger partial charge in [-0.1, -0.05) is 41.9 Å². The Morgan fingerprint density at radius 1 is 1.00 bits per heavy atom. The average molecular weight is 375 g/mol. The van der Waals surface area contributed by atoms with Crippen LogP contribution < -0.4 is 10.6 Å². The second-order valence-corrected chi connectivity index (χ2v) is 5.96.